The summed E-state index contributed by atoms with van der Waals surface area (Å²) >= 11 is 3.27. The van der Waals surface area contributed by atoms with Crippen molar-refractivity contribution in [2.75, 3.05) is 13.1 Å². The van der Waals surface area contributed by atoms with Crippen LogP contribution in [0.15, 0.2) is 45.8 Å². The lowest BCUT2D eigenvalue weighted by Crippen LogP contribution is -2.30. The first-order chi connectivity index (χ1) is 15.5. The van der Waals surface area contributed by atoms with Crippen molar-refractivity contribution in [3.8, 4) is 10.7 Å². The number of nitrogens with one attached hydrogen (secondary N) is 1. The number of benzene rings is 1. The number of thiophene rings is 1. The topological polar surface area (TPSA) is 96.8 Å². The van der Waals surface area contributed by atoms with Crippen LogP contribution in [0.4, 0.5) is 0 Å². The Morgan fingerprint density at radius 1 is 1.22 bits per heavy atom. The monoisotopic (exact) mass is 488 g/mol. The SMILES string of the molecule is CCN(CC)S(=O)(=O)c1ccc2nc(CSc3nnc(-c4cccs4)n3C3CC3)[nH]c2c1. The molecule has 32 heavy (non-hydrogen) atoms. The van der Waals surface area contributed by atoms with Gasteiger partial charge in [0.25, 0.3) is 0 Å². The molecule has 0 amide bonds. The van der Waals surface area contributed by atoms with Crippen LogP contribution in [-0.2, 0) is 15.8 Å². The molecule has 0 aliphatic heterocycles. The van der Waals surface area contributed by atoms with E-state index in [0.29, 0.717) is 24.9 Å². The van der Waals surface area contributed by atoms with Gasteiger partial charge >= 0.3 is 0 Å². The molecule has 0 radical (unpaired) electrons. The molecule has 1 fully saturated rings. The first-order valence-corrected chi connectivity index (χ1v) is 13.9. The van der Waals surface area contributed by atoms with Gasteiger partial charge < -0.3 is 4.98 Å². The number of sulfonamides is 1. The summed E-state index contributed by atoms with van der Waals surface area (Å²) in [7, 11) is -3.51. The number of hydrogen-bond donors (Lipinski definition) is 1. The minimum Gasteiger partial charge on any atom is -0.341 e. The summed E-state index contributed by atoms with van der Waals surface area (Å²) < 4.78 is 29.4. The molecule has 3 heterocycles. The maximum absolute atomic E-state index is 12.8. The smallest absolute Gasteiger partial charge is 0.243 e. The zero-order valence-electron chi connectivity index (χ0n) is 17.9. The highest BCUT2D eigenvalue weighted by Crippen LogP contribution is 2.42. The molecule has 1 aliphatic rings. The lowest BCUT2D eigenvalue weighted by Gasteiger charge is -2.18. The van der Waals surface area contributed by atoms with E-state index < -0.39 is 10.0 Å². The standard InChI is InChI=1S/C21H24N6O2S3/c1-3-26(4-2)32(28,29)15-9-10-16-17(12-15)23-19(22-16)13-31-21-25-24-20(18-6-5-11-30-18)27(21)14-7-8-14/h5-6,9-12,14H,3-4,7-8,13H2,1-2H3,(H,22,23). The Morgan fingerprint density at radius 3 is 2.72 bits per heavy atom. The van der Waals surface area contributed by atoms with Gasteiger partial charge in [0.1, 0.15) is 5.82 Å². The minimum atomic E-state index is -3.51. The molecule has 1 saturated carbocycles. The largest absolute Gasteiger partial charge is 0.341 e. The molecule has 5 rings (SSSR count). The molecule has 168 valence electrons. The van der Waals surface area contributed by atoms with Crippen LogP contribution in [0.5, 0.6) is 0 Å². The summed E-state index contributed by atoms with van der Waals surface area (Å²) in [5, 5.41) is 11.8. The fraction of sp³-hybridized carbons (Fsp3) is 0.381. The predicted octanol–water partition coefficient (Wildman–Crippen LogP) is 4.54. The molecule has 4 aromatic rings. The molecule has 1 N–H and O–H groups in total. The second-order valence-corrected chi connectivity index (χ2v) is 11.5. The second kappa shape index (κ2) is 8.62. The Balaban J connectivity index is 1.38. The highest BCUT2D eigenvalue weighted by Gasteiger charge is 2.30. The fourth-order valence-corrected chi connectivity index (χ4v) is 6.79. The zero-order chi connectivity index (χ0) is 22.3. The molecule has 0 saturated heterocycles. The van der Waals surface area contributed by atoms with Gasteiger partial charge in [0.15, 0.2) is 11.0 Å². The Bertz CT molecular complexity index is 1340. The number of thioether (sulfide) groups is 1. The zero-order valence-corrected chi connectivity index (χ0v) is 20.3. The Labute approximate surface area is 195 Å². The quantitative estimate of drug-likeness (QED) is 0.348. The molecule has 0 atom stereocenters. The first kappa shape index (κ1) is 21.6. The number of rotatable bonds is 9. The normalized spacial score (nSPS) is 14.6. The fourth-order valence-electron chi connectivity index (χ4n) is 3.73. The average Bonchev–Trinajstić information content (AvgIpc) is 3.19. The third-order valence-electron chi connectivity index (χ3n) is 5.50. The van der Waals surface area contributed by atoms with Crippen molar-refractivity contribution in [3.05, 3.63) is 41.5 Å². The lowest BCUT2D eigenvalue weighted by molar-refractivity contribution is 0.445. The summed E-state index contributed by atoms with van der Waals surface area (Å²) in [6, 6.07) is 9.63. The van der Waals surface area contributed by atoms with Crippen LogP contribution in [0, 0.1) is 0 Å². The highest BCUT2D eigenvalue weighted by atomic mass is 32.2. The van der Waals surface area contributed by atoms with Crippen molar-refractivity contribution in [2.24, 2.45) is 0 Å². The lowest BCUT2D eigenvalue weighted by atomic mass is 10.3. The van der Waals surface area contributed by atoms with E-state index in [9.17, 15) is 8.42 Å². The van der Waals surface area contributed by atoms with Crippen molar-refractivity contribution in [1.29, 1.82) is 0 Å². The van der Waals surface area contributed by atoms with Gasteiger partial charge in [0, 0.05) is 19.1 Å². The number of aromatic nitrogens is 5. The van der Waals surface area contributed by atoms with Gasteiger partial charge in [0.2, 0.25) is 10.0 Å². The molecular formula is C21H24N6O2S3. The van der Waals surface area contributed by atoms with Crippen LogP contribution < -0.4 is 0 Å². The molecule has 1 aromatic carbocycles. The number of H-pyrrole nitrogens is 1. The van der Waals surface area contributed by atoms with Gasteiger partial charge in [0.05, 0.1) is 26.6 Å². The van der Waals surface area contributed by atoms with Crippen LogP contribution >= 0.6 is 23.1 Å². The summed E-state index contributed by atoms with van der Waals surface area (Å²) in [5.41, 5.74) is 1.47. The Hall–Kier alpha value is -2.21. The van der Waals surface area contributed by atoms with Crippen molar-refractivity contribution < 1.29 is 8.42 Å². The van der Waals surface area contributed by atoms with Crippen LogP contribution in [0.3, 0.4) is 0 Å². The maximum Gasteiger partial charge on any atom is 0.243 e. The van der Waals surface area contributed by atoms with Gasteiger partial charge in [-0.2, -0.15) is 4.31 Å². The summed E-state index contributed by atoms with van der Waals surface area (Å²) in [5.74, 6) is 2.31. The molecule has 0 spiro atoms. The molecular weight excluding hydrogens is 464 g/mol. The van der Waals surface area contributed by atoms with Gasteiger partial charge in [-0.05, 0) is 42.5 Å². The summed E-state index contributed by atoms with van der Waals surface area (Å²) in [6.45, 7) is 4.57. The highest BCUT2D eigenvalue weighted by molar-refractivity contribution is 7.98. The molecule has 0 unspecified atom stereocenters. The third-order valence-corrected chi connectivity index (χ3v) is 9.37. The van der Waals surface area contributed by atoms with Crippen LogP contribution in [-0.4, -0.2) is 50.5 Å². The Kier molecular flexibility index (Phi) is 5.82. The number of aromatic amines is 1. The van der Waals surface area contributed by atoms with Gasteiger partial charge in [-0.3, -0.25) is 4.57 Å². The van der Waals surface area contributed by atoms with Crippen molar-refractivity contribution >= 4 is 44.2 Å². The van der Waals surface area contributed by atoms with Crippen LogP contribution in [0.1, 0.15) is 38.6 Å². The average molecular weight is 489 g/mol. The maximum atomic E-state index is 12.8. The van der Waals surface area contributed by atoms with E-state index in [1.807, 2.05) is 19.9 Å². The molecule has 3 aromatic heterocycles. The number of hydrogen-bond acceptors (Lipinski definition) is 7. The van der Waals surface area contributed by atoms with Gasteiger partial charge in [-0.1, -0.05) is 31.7 Å². The van der Waals surface area contributed by atoms with Gasteiger partial charge in [-0.15, -0.1) is 21.5 Å². The van der Waals surface area contributed by atoms with Crippen molar-refractivity contribution in [1.82, 2.24) is 29.0 Å². The molecule has 0 bridgehead atoms. The van der Waals surface area contributed by atoms with E-state index in [0.717, 1.165) is 45.6 Å². The number of fused-ring (bicyclic) bond motifs is 1. The summed E-state index contributed by atoms with van der Waals surface area (Å²) in [4.78, 5) is 9.33. The first-order valence-electron chi connectivity index (χ1n) is 10.6. The van der Waals surface area contributed by atoms with E-state index in [1.165, 1.54) is 4.31 Å². The molecule has 1 aliphatic carbocycles. The minimum absolute atomic E-state index is 0.283. The van der Waals surface area contributed by atoms with Crippen molar-refractivity contribution in [3.63, 3.8) is 0 Å². The van der Waals surface area contributed by atoms with E-state index in [2.05, 4.69) is 36.2 Å². The van der Waals surface area contributed by atoms with E-state index >= 15 is 0 Å². The predicted molar refractivity (Wildman–Crippen MR) is 127 cm³/mol. The summed E-state index contributed by atoms with van der Waals surface area (Å²) in [6.07, 6.45) is 2.30. The van der Waals surface area contributed by atoms with Crippen LogP contribution in [0.2, 0.25) is 0 Å². The van der Waals surface area contributed by atoms with Crippen molar-refractivity contribution in [2.45, 2.75) is 48.5 Å². The third kappa shape index (κ3) is 3.98. The molecule has 11 heteroatoms. The number of nitrogens with zero attached hydrogens (tertiary/aromatic N) is 5. The van der Waals surface area contributed by atoms with Gasteiger partial charge in [-0.25, -0.2) is 13.4 Å². The second-order valence-electron chi connectivity index (χ2n) is 7.63. The van der Waals surface area contributed by atoms with E-state index in [4.69, 9.17) is 0 Å². The number of imidazole rings is 1. The molecule has 8 nitrogen and oxygen atoms in total. The Morgan fingerprint density at radius 2 is 2.03 bits per heavy atom. The van der Waals surface area contributed by atoms with E-state index in [-0.39, 0.29) is 4.90 Å². The van der Waals surface area contributed by atoms with E-state index in [1.54, 1.807) is 41.3 Å². The van der Waals surface area contributed by atoms with Crippen LogP contribution in [0.25, 0.3) is 21.7 Å².